The van der Waals surface area contributed by atoms with Crippen molar-refractivity contribution in [1.29, 1.82) is 5.26 Å². The molecule has 0 unspecified atom stereocenters. The molecule has 0 bridgehead atoms. The van der Waals surface area contributed by atoms with E-state index in [1.165, 1.54) is 0 Å². The van der Waals surface area contributed by atoms with Gasteiger partial charge in [0.15, 0.2) is 11.5 Å². The number of para-hydroxylation sites is 1. The third kappa shape index (κ3) is 4.64. The van der Waals surface area contributed by atoms with E-state index in [1.807, 2.05) is 48.5 Å². The smallest absolute Gasteiger partial charge is 0.263 e. The van der Waals surface area contributed by atoms with E-state index >= 15 is 0 Å². The minimum atomic E-state index is -0.310. The fourth-order valence-electron chi connectivity index (χ4n) is 2.90. The molecular weight excluding hydrogens is 400 g/mol. The highest BCUT2D eigenvalue weighted by Gasteiger charge is 2.21. The maximum Gasteiger partial charge on any atom is 0.263 e. The summed E-state index contributed by atoms with van der Waals surface area (Å²) in [4.78, 5) is 13.0. The van der Waals surface area contributed by atoms with Gasteiger partial charge in [0, 0.05) is 12.2 Å². The molecule has 2 aromatic carbocycles. The van der Waals surface area contributed by atoms with Crippen molar-refractivity contribution < 1.29 is 14.3 Å². The molecular formula is C22H22N4O3S. The van der Waals surface area contributed by atoms with Crippen molar-refractivity contribution >= 4 is 33.6 Å². The summed E-state index contributed by atoms with van der Waals surface area (Å²) in [6.45, 7) is 0.412. The van der Waals surface area contributed by atoms with Crippen LogP contribution in [0.4, 0.5) is 16.4 Å². The molecule has 0 aliphatic carbocycles. The van der Waals surface area contributed by atoms with E-state index in [2.05, 4.69) is 16.7 Å². The number of nitrogens with zero attached hydrogens (tertiary/aromatic N) is 1. The Morgan fingerprint density at radius 2 is 1.87 bits per heavy atom. The van der Waals surface area contributed by atoms with Gasteiger partial charge in [0.1, 0.15) is 21.5 Å². The molecule has 0 saturated heterocycles. The zero-order chi connectivity index (χ0) is 21.5. The molecule has 0 atom stereocenters. The third-order valence-electron chi connectivity index (χ3n) is 4.44. The first kappa shape index (κ1) is 21.0. The second-order valence-corrected chi connectivity index (χ2v) is 7.37. The number of nitrogen functional groups attached to an aromatic ring is 1. The van der Waals surface area contributed by atoms with Gasteiger partial charge in [-0.3, -0.25) is 4.79 Å². The molecule has 154 valence electrons. The Kier molecular flexibility index (Phi) is 6.78. The fraction of sp³-hybridized carbons (Fsp3) is 0.182. The van der Waals surface area contributed by atoms with Crippen molar-refractivity contribution in [2.75, 3.05) is 31.8 Å². The van der Waals surface area contributed by atoms with Crippen molar-refractivity contribution in [2.45, 2.75) is 6.42 Å². The van der Waals surface area contributed by atoms with Crippen molar-refractivity contribution in [1.82, 2.24) is 5.32 Å². The summed E-state index contributed by atoms with van der Waals surface area (Å²) >= 11 is 1.16. The van der Waals surface area contributed by atoms with Crippen LogP contribution in [0, 0.1) is 11.3 Å². The zero-order valence-electron chi connectivity index (χ0n) is 16.7. The molecule has 1 heterocycles. The number of anilines is 3. The first-order valence-electron chi connectivity index (χ1n) is 9.21. The van der Waals surface area contributed by atoms with Gasteiger partial charge < -0.3 is 25.8 Å². The number of thiophene rings is 1. The van der Waals surface area contributed by atoms with Gasteiger partial charge in [0.25, 0.3) is 5.91 Å². The van der Waals surface area contributed by atoms with Crippen LogP contribution in [0.15, 0.2) is 48.5 Å². The van der Waals surface area contributed by atoms with Gasteiger partial charge in [0.2, 0.25) is 0 Å². The van der Waals surface area contributed by atoms with Gasteiger partial charge in [-0.1, -0.05) is 24.3 Å². The number of hydrogen-bond acceptors (Lipinski definition) is 7. The molecule has 1 amide bonds. The Morgan fingerprint density at radius 1 is 1.13 bits per heavy atom. The van der Waals surface area contributed by atoms with Crippen LogP contribution in [0.25, 0.3) is 0 Å². The van der Waals surface area contributed by atoms with E-state index in [9.17, 15) is 10.1 Å². The average Bonchev–Trinajstić information content (AvgIpc) is 3.09. The van der Waals surface area contributed by atoms with Crippen LogP contribution in [0.2, 0.25) is 0 Å². The fourth-order valence-corrected chi connectivity index (χ4v) is 3.91. The van der Waals surface area contributed by atoms with Gasteiger partial charge in [-0.05, 0) is 36.2 Å². The Hall–Kier alpha value is -3.70. The van der Waals surface area contributed by atoms with Crippen LogP contribution in [0.1, 0.15) is 20.8 Å². The second-order valence-electron chi connectivity index (χ2n) is 6.35. The van der Waals surface area contributed by atoms with Gasteiger partial charge in [-0.25, -0.2) is 0 Å². The molecule has 7 nitrogen and oxygen atoms in total. The minimum absolute atomic E-state index is 0.185. The number of methoxy groups -OCH3 is 2. The van der Waals surface area contributed by atoms with Crippen LogP contribution in [0.5, 0.6) is 11.5 Å². The van der Waals surface area contributed by atoms with Crippen LogP contribution < -0.4 is 25.8 Å². The lowest BCUT2D eigenvalue weighted by molar-refractivity contribution is 0.0959. The lowest BCUT2D eigenvalue weighted by atomic mass is 10.1. The van der Waals surface area contributed by atoms with Crippen molar-refractivity contribution in [3.05, 3.63) is 64.5 Å². The Balaban J connectivity index is 1.68. The highest BCUT2D eigenvalue weighted by Crippen LogP contribution is 2.37. The largest absolute Gasteiger partial charge is 0.493 e. The monoisotopic (exact) mass is 422 g/mol. The first-order valence-corrected chi connectivity index (χ1v) is 10.0. The minimum Gasteiger partial charge on any atom is -0.493 e. The maximum absolute atomic E-state index is 12.7. The molecule has 1 aromatic heterocycles. The van der Waals surface area contributed by atoms with Crippen LogP contribution in [0.3, 0.4) is 0 Å². The van der Waals surface area contributed by atoms with E-state index < -0.39 is 0 Å². The van der Waals surface area contributed by atoms with Gasteiger partial charge in [-0.15, -0.1) is 11.3 Å². The normalized spacial score (nSPS) is 10.2. The summed E-state index contributed by atoms with van der Waals surface area (Å²) in [5.74, 6) is 0.980. The lowest BCUT2D eigenvalue weighted by Crippen LogP contribution is -2.25. The third-order valence-corrected chi connectivity index (χ3v) is 5.56. The molecule has 0 aliphatic rings. The number of nitrogens with one attached hydrogen (secondary N) is 2. The molecule has 0 fully saturated rings. The molecule has 4 N–H and O–H groups in total. The molecule has 30 heavy (non-hydrogen) atoms. The maximum atomic E-state index is 12.7. The standard InChI is InChI=1S/C22H22N4O3S/c1-28-17-9-8-14(12-18(17)29-2)10-11-25-21(27)20-19(24)16(13-23)22(30-20)26-15-6-4-3-5-7-15/h3-9,12,26H,10-11,24H2,1-2H3,(H,25,27). The number of nitrogens with two attached hydrogens (primary N) is 1. The summed E-state index contributed by atoms with van der Waals surface area (Å²) in [7, 11) is 3.16. The highest BCUT2D eigenvalue weighted by atomic mass is 32.1. The van der Waals surface area contributed by atoms with Gasteiger partial charge in [0.05, 0.1) is 19.9 Å². The quantitative estimate of drug-likeness (QED) is 0.507. The molecule has 0 spiro atoms. The van der Waals surface area contributed by atoms with E-state index in [-0.39, 0.29) is 17.2 Å². The number of hydrogen-bond donors (Lipinski definition) is 3. The average molecular weight is 423 g/mol. The molecule has 3 aromatic rings. The second kappa shape index (κ2) is 9.67. The Bertz CT molecular complexity index is 1070. The number of nitriles is 1. The van der Waals surface area contributed by atoms with Crippen LogP contribution in [-0.2, 0) is 6.42 Å². The number of carbonyl (C=O) groups excluding carboxylic acids is 1. The zero-order valence-corrected chi connectivity index (χ0v) is 17.5. The number of benzene rings is 2. The molecule has 3 rings (SSSR count). The predicted octanol–water partition coefficient (Wildman–Crippen LogP) is 3.94. The van der Waals surface area contributed by atoms with E-state index in [0.29, 0.717) is 34.3 Å². The number of carbonyl (C=O) groups is 1. The Morgan fingerprint density at radius 3 is 2.53 bits per heavy atom. The topological polar surface area (TPSA) is 109 Å². The number of amides is 1. The molecule has 8 heteroatoms. The van der Waals surface area contributed by atoms with Crippen LogP contribution >= 0.6 is 11.3 Å². The van der Waals surface area contributed by atoms with Crippen molar-refractivity contribution in [3.8, 4) is 17.6 Å². The van der Waals surface area contributed by atoms with Gasteiger partial charge in [-0.2, -0.15) is 5.26 Å². The summed E-state index contributed by atoms with van der Waals surface area (Å²) in [6.07, 6.45) is 0.609. The summed E-state index contributed by atoms with van der Waals surface area (Å²) in [5, 5.41) is 16.0. The summed E-state index contributed by atoms with van der Waals surface area (Å²) < 4.78 is 10.5. The summed E-state index contributed by atoms with van der Waals surface area (Å²) in [5.41, 5.74) is 8.35. The molecule has 0 radical (unpaired) electrons. The molecule has 0 aliphatic heterocycles. The van der Waals surface area contributed by atoms with Crippen LogP contribution in [-0.4, -0.2) is 26.7 Å². The molecule has 0 saturated carbocycles. The van der Waals surface area contributed by atoms with E-state index in [0.717, 1.165) is 22.6 Å². The van der Waals surface area contributed by atoms with E-state index in [4.69, 9.17) is 15.2 Å². The summed E-state index contributed by atoms with van der Waals surface area (Å²) in [6, 6.07) is 17.1. The van der Waals surface area contributed by atoms with Crippen molar-refractivity contribution in [3.63, 3.8) is 0 Å². The van der Waals surface area contributed by atoms with Gasteiger partial charge >= 0.3 is 0 Å². The van der Waals surface area contributed by atoms with E-state index in [1.54, 1.807) is 14.2 Å². The highest BCUT2D eigenvalue weighted by molar-refractivity contribution is 7.19. The predicted molar refractivity (Wildman–Crippen MR) is 119 cm³/mol. The number of ether oxygens (including phenoxy) is 2. The number of rotatable bonds is 8. The van der Waals surface area contributed by atoms with Crippen molar-refractivity contribution in [2.24, 2.45) is 0 Å². The lowest BCUT2D eigenvalue weighted by Gasteiger charge is -2.10. The Labute approximate surface area is 179 Å². The SMILES string of the molecule is COc1ccc(CCNC(=O)c2sc(Nc3ccccc3)c(C#N)c2N)cc1OC. The first-order chi connectivity index (χ1) is 14.6.